The fourth-order valence-corrected chi connectivity index (χ4v) is 3.61. The number of aliphatic hydroxyl groups is 1. The molecule has 0 spiro atoms. The average molecular weight is 259 g/mol. The molecule has 0 saturated heterocycles. The van der Waals surface area contributed by atoms with Crippen LogP contribution in [-0.4, -0.2) is 10.9 Å². The van der Waals surface area contributed by atoms with Gasteiger partial charge in [0.05, 0.1) is 4.48 Å². The predicted molar refractivity (Wildman–Crippen MR) is 58.2 cm³/mol. The molecule has 1 fully saturated rings. The van der Waals surface area contributed by atoms with Gasteiger partial charge in [0.15, 0.2) is 5.78 Å². The second-order valence-corrected chi connectivity index (χ2v) is 5.96. The van der Waals surface area contributed by atoms with Gasteiger partial charge in [-0.25, -0.2) is 0 Å². The largest absolute Gasteiger partial charge is 0.510 e. The molecule has 2 aliphatic carbocycles. The van der Waals surface area contributed by atoms with Gasteiger partial charge >= 0.3 is 0 Å². The van der Waals surface area contributed by atoms with E-state index in [-0.39, 0.29) is 28.3 Å². The first-order chi connectivity index (χ1) is 6.32. The molecule has 2 aliphatic rings. The van der Waals surface area contributed by atoms with E-state index in [4.69, 9.17) is 0 Å². The number of allylic oxidation sites excluding steroid dienone is 2. The summed E-state index contributed by atoms with van der Waals surface area (Å²) >= 11 is 3.21. The van der Waals surface area contributed by atoms with Crippen molar-refractivity contribution in [3.63, 3.8) is 0 Å². The zero-order chi connectivity index (χ0) is 10.7. The summed E-state index contributed by atoms with van der Waals surface area (Å²) in [6, 6.07) is 0. The van der Waals surface area contributed by atoms with Crippen LogP contribution in [0.4, 0.5) is 0 Å². The fourth-order valence-electron chi connectivity index (χ4n) is 2.89. The van der Waals surface area contributed by atoms with E-state index in [1.807, 2.05) is 0 Å². The fraction of sp³-hybridized carbons (Fsp3) is 0.727. The number of hydrogen-bond donors (Lipinski definition) is 1. The van der Waals surface area contributed by atoms with Gasteiger partial charge in [0.2, 0.25) is 0 Å². The number of hydrogen-bond acceptors (Lipinski definition) is 2. The molecule has 0 unspecified atom stereocenters. The Bertz CT molecular complexity index is 343. The lowest BCUT2D eigenvalue weighted by molar-refractivity contribution is -0.124. The maximum absolute atomic E-state index is 11.9. The van der Waals surface area contributed by atoms with Gasteiger partial charge in [-0.1, -0.05) is 20.8 Å². The third kappa shape index (κ3) is 0.892. The molecule has 2 bridgehead atoms. The quantitative estimate of drug-likeness (QED) is 0.725. The lowest BCUT2D eigenvalue weighted by Crippen LogP contribution is -2.43. The molecular weight excluding hydrogens is 244 g/mol. The lowest BCUT2D eigenvalue weighted by atomic mass is 9.61. The second kappa shape index (κ2) is 2.63. The minimum Gasteiger partial charge on any atom is -0.510 e. The molecule has 1 saturated carbocycles. The van der Waals surface area contributed by atoms with Gasteiger partial charge in [0.1, 0.15) is 5.76 Å². The Morgan fingerprint density at radius 1 is 1.43 bits per heavy atom. The van der Waals surface area contributed by atoms with Crippen molar-refractivity contribution >= 4 is 21.7 Å². The number of fused-ring (bicyclic) bond motifs is 2. The Morgan fingerprint density at radius 2 is 2.00 bits per heavy atom. The number of halogens is 1. The highest BCUT2D eigenvalue weighted by Gasteiger charge is 2.60. The highest BCUT2D eigenvalue weighted by molar-refractivity contribution is 9.12. The van der Waals surface area contributed by atoms with E-state index in [0.29, 0.717) is 4.48 Å². The van der Waals surface area contributed by atoms with Crippen LogP contribution in [0.3, 0.4) is 0 Å². The smallest absolute Gasteiger partial charge is 0.176 e. The molecule has 2 rings (SSSR count). The number of Topliss-reactive ketones (excluding diaryl/α,β-unsaturated/α-hetero) is 1. The van der Waals surface area contributed by atoms with E-state index < -0.39 is 0 Å². The van der Waals surface area contributed by atoms with Gasteiger partial charge in [-0.3, -0.25) is 4.79 Å². The molecule has 3 heteroatoms. The molecule has 1 N–H and O–H groups in total. The molecule has 0 radical (unpaired) electrons. The zero-order valence-electron chi connectivity index (χ0n) is 8.72. The van der Waals surface area contributed by atoms with E-state index in [9.17, 15) is 9.90 Å². The summed E-state index contributed by atoms with van der Waals surface area (Å²) in [4.78, 5) is 11.9. The van der Waals surface area contributed by atoms with E-state index >= 15 is 0 Å². The first kappa shape index (κ1) is 10.2. The summed E-state index contributed by atoms with van der Waals surface area (Å²) < 4.78 is 0.404. The number of carbonyl (C=O) groups excluding carboxylic acids is 1. The third-order valence-corrected chi connectivity index (χ3v) is 5.26. The zero-order valence-corrected chi connectivity index (χ0v) is 10.3. The molecule has 0 heterocycles. The second-order valence-electron chi connectivity index (χ2n) is 5.17. The number of aliphatic hydroxyl groups excluding tert-OH is 1. The highest BCUT2D eigenvalue weighted by atomic mass is 79.9. The predicted octanol–water partition coefficient (Wildman–Crippen LogP) is 3.18. The molecule has 0 amide bonds. The minimum absolute atomic E-state index is 0.0674. The maximum Gasteiger partial charge on any atom is 0.176 e. The minimum atomic E-state index is -0.232. The molecule has 14 heavy (non-hydrogen) atoms. The van der Waals surface area contributed by atoms with Crippen LogP contribution < -0.4 is 0 Å². The Balaban J connectivity index is 2.66. The van der Waals surface area contributed by atoms with Gasteiger partial charge in [0.25, 0.3) is 0 Å². The van der Waals surface area contributed by atoms with Gasteiger partial charge < -0.3 is 5.11 Å². The molecule has 0 aromatic rings. The van der Waals surface area contributed by atoms with E-state index in [1.165, 1.54) is 0 Å². The monoisotopic (exact) mass is 258 g/mol. The first-order valence-electron chi connectivity index (χ1n) is 4.96. The van der Waals surface area contributed by atoms with Crippen LogP contribution in [0.2, 0.25) is 0 Å². The van der Waals surface area contributed by atoms with Crippen molar-refractivity contribution in [2.45, 2.75) is 33.6 Å². The number of ketones is 1. The van der Waals surface area contributed by atoms with Crippen molar-refractivity contribution in [3.05, 3.63) is 10.2 Å². The van der Waals surface area contributed by atoms with Gasteiger partial charge in [-0.05, 0) is 34.2 Å². The van der Waals surface area contributed by atoms with Crippen LogP contribution in [0.5, 0.6) is 0 Å². The van der Waals surface area contributed by atoms with Gasteiger partial charge in [0, 0.05) is 11.3 Å². The Hall–Kier alpha value is -0.310. The Kier molecular flexibility index (Phi) is 1.92. The Labute approximate surface area is 92.5 Å². The summed E-state index contributed by atoms with van der Waals surface area (Å²) in [7, 11) is 0. The topological polar surface area (TPSA) is 37.3 Å². The normalized spacial score (nSPS) is 40.6. The summed E-state index contributed by atoms with van der Waals surface area (Å²) in [6.07, 6.45) is 1.79. The van der Waals surface area contributed by atoms with Crippen LogP contribution in [0.1, 0.15) is 33.6 Å². The van der Waals surface area contributed by atoms with Crippen LogP contribution in [0.15, 0.2) is 10.2 Å². The summed E-state index contributed by atoms with van der Waals surface area (Å²) in [5.41, 5.74) is -0.351. The first-order valence-corrected chi connectivity index (χ1v) is 5.75. The number of carbonyl (C=O) groups is 1. The highest BCUT2D eigenvalue weighted by Crippen LogP contribution is 2.63. The molecule has 2 atom stereocenters. The van der Waals surface area contributed by atoms with Crippen LogP contribution in [0, 0.1) is 16.7 Å². The molecule has 0 aromatic heterocycles. The SMILES string of the molecule is CC1(C)[C@@H]2CC[C@]1(C)C(O)=C(Br)C2=O. The van der Waals surface area contributed by atoms with Crippen molar-refractivity contribution in [1.29, 1.82) is 0 Å². The maximum atomic E-state index is 11.9. The summed E-state index contributed by atoms with van der Waals surface area (Å²) in [5.74, 6) is 0.390. The lowest BCUT2D eigenvalue weighted by Gasteiger charge is -2.44. The van der Waals surface area contributed by atoms with Crippen LogP contribution >= 0.6 is 15.9 Å². The van der Waals surface area contributed by atoms with Crippen LogP contribution in [0.25, 0.3) is 0 Å². The van der Waals surface area contributed by atoms with Gasteiger partial charge in [-0.2, -0.15) is 0 Å². The van der Waals surface area contributed by atoms with E-state index in [2.05, 4.69) is 36.7 Å². The van der Waals surface area contributed by atoms with Crippen molar-refractivity contribution in [2.24, 2.45) is 16.7 Å². The molecular formula is C11H15BrO2. The number of rotatable bonds is 0. The van der Waals surface area contributed by atoms with E-state index in [1.54, 1.807) is 0 Å². The average Bonchev–Trinajstić information content (AvgIpc) is 2.30. The summed E-state index contributed by atoms with van der Waals surface area (Å²) in [6.45, 7) is 6.21. The standard InChI is InChI=1S/C11H15BrO2/c1-10(2)6-4-5-11(10,3)9(14)7(12)8(6)13/h6,14H,4-5H2,1-3H3/t6-,11-/m1/s1. The van der Waals surface area contributed by atoms with Gasteiger partial charge in [-0.15, -0.1) is 0 Å². The van der Waals surface area contributed by atoms with Crippen LogP contribution in [-0.2, 0) is 4.79 Å². The molecule has 0 aromatic carbocycles. The van der Waals surface area contributed by atoms with E-state index in [0.717, 1.165) is 12.8 Å². The van der Waals surface area contributed by atoms with Crippen molar-refractivity contribution < 1.29 is 9.90 Å². The molecule has 0 aliphatic heterocycles. The van der Waals surface area contributed by atoms with Crippen molar-refractivity contribution in [1.82, 2.24) is 0 Å². The summed E-state index contributed by atoms with van der Waals surface area (Å²) in [5, 5.41) is 10.0. The Morgan fingerprint density at radius 3 is 2.57 bits per heavy atom. The molecule has 2 nitrogen and oxygen atoms in total. The molecule has 78 valence electrons. The third-order valence-electron chi connectivity index (χ3n) is 4.49. The van der Waals surface area contributed by atoms with Crippen molar-refractivity contribution in [2.75, 3.05) is 0 Å². The van der Waals surface area contributed by atoms with Crippen molar-refractivity contribution in [3.8, 4) is 0 Å².